The molecule has 0 aliphatic carbocycles. The van der Waals surface area contributed by atoms with Crippen molar-refractivity contribution >= 4 is 29.9 Å². The molecular weight excluding hydrogens is 294 g/mol. The zero-order valence-electron chi connectivity index (χ0n) is 11.7. The van der Waals surface area contributed by atoms with Crippen molar-refractivity contribution in [3.05, 3.63) is 23.8 Å². The van der Waals surface area contributed by atoms with Crippen LogP contribution >= 0.6 is 12.4 Å². The Morgan fingerprint density at radius 3 is 2.95 bits per heavy atom. The van der Waals surface area contributed by atoms with Gasteiger partial charge in [0.2, 0.25) is 0 Å². The molecular formula is C14H18ClN3O3. The Morgan fingerprint density at radius 2 is 2.24 bits per heavy atom. The molecule has 21 heavy (non-hydrogen) atoms. The molecule has 0 radical (unpaired) electrons. The van der Waals surface area contributed by atoms with E-state index in [9.17, 15) is 9.59 Å². The molecule has 6 nitrogen and oxygen atoms in total. The second-order valence-corrected chi connectivity index (χ2v) is 5.11. The molecule has 0 bridgehead atoms. The second kappa shape index (κ2) is 6.32. The van der Waals surface area contributed by atoms with E-state index in [2.05, 4.69) is 10.6 Å². The van der Waals surface area contributed by atoms with Crippen LogP contribution in [0.25, 0.3) is 0 Å². The van der Waals surface area contributed by atoms with Gasteiger partial charge in [0, 0.05) is 25.2 Å². The summed E-state index contributed by atoms with van der Waals surface area (Å²) in [6.45, 7) is 1.79. The number of nitrogens with zero attached hydrogens (tertiary/aromatic N) is 1. The molecule has 7 heteroatoms. The molecule has 0 spiro atoms. The third kappa shape index (κ3) is 3.11. The molecule has 2 N–H and O–H groups in total. The van der Waals surface area contributed by atoms with E-state index in [1.807, 2.05) is 7.05 Å². The second-order valence-electron chi connectivity index (χ2n) is 5.11. The van der Waals surface area contributed by atoms with Crippen LogP contribution in [0.15, 0.2) is 18.2 Å². The minimum Gasteiger partial charge on any atom is -0.482 e. The van der Waals surface area contributed by atoms with Crippen molar-refractivity contribution in [2.24, 2.45) is 0 Å². The molecule has 2 amide bonds. The van der Waals surface area contributed by atoms with Crippen molar-refractivity contribution in [2.75, 3.05) is 32.1 Å². The van der Waals surface area contributed by atoms with Gasteiger partial charge in [-0.25, -0.2) is 0 Å². The summed E-state index contributed by atoms with van der Waals surface area (Å²) in [6, 6.07) is 5.36. The first kappa shape index (κ1) is 15.6. The van der Waals surface area contributed by atoms with Crippen molar-refractivity contribution in [2.45, 2.75) is 12.5 Å². The summed E-state index contributed by atoms with van der Waals surface area (Å²) in [7, 11) is 1.81. The fourth-order valence-electron chi connectivity index (χ4n) is 2.56. The molecule has 1 atom stereocenters. The van der Waals surface area contributed by atoms with Crippen LogP contribution in [0, 0.1) is 0 Å². The number of halogens is 1. The molecule has 1 aromatic carbocycles. The van der Waals surface area contributed by atoms with Crippen molar-refractivity contribution in [1.82, 2.24) is 10.2 Å². The zero-order valence-corrected chi connectivity index (χ0v) is 12.5. The molecule has 1 fully saturated rings. The molecule has 1 unspecified atom stereocenters. The molecule has 2 aliphatic heterocycles. The highest BCUT2D eigenvalue weighted by atomic mass is 35.5. The number of hydrogen-bond donors (Lipinski definition) is 2. The van der Waals surface area contributed by atoms with E-state index in [-0.39, 0.29) is 36.9 Å². The maximum atomic E-state index is 12.4. The number of hydrogen-bond acceptors (Lipinski definition) is 4. The lowest BCUT2D eigenvalue weighted by molar-refractivity contribution is -0.118. The summed E-state index contributed by atoms with van der Waals surface area (Å²) in [5.74, 6) is 0.364. The normalized spacial score (nSPS) is 19.9. The lowest BCUT2D eigenvalue weighted by atomic mass is 10.1. The van der Waals surface area contributed by atoms with E-state index in [0.29, 0.717) is 17.0 Å². The fraction of sp³-hybridized carbons (Fsp3) is 0.429. The number of amides is 2. The van der Waals surface area contributed by atoms with Crippen molar-refractivity contribution in [1.29, 1.82) is 0 Å². The Balaban J connectivity index is 0.00000161. The summed E-state index contributed by atoms with van der Waals surface area (Å²) in [6.07, 6.45) is 0.965. The third-order valence-corrected chi connectivity index (χ3v) is 3.76. The molecule has 0 saturated carbocycles. The molecule has 2 heterocycles. The standard InChI is InChI=1S/C14H17N3O3.ClH/c1-17(10-4-5-15-7-10)14(19)9-2-3-12-11(6-9)16-13(18)8-20-12;/h2-3,6,10,15H,4-5,7-8H2,1H3,(H,16,18);1H. The van der Waals surface area contributed by atoms with E-state index in [4.69, 9.17) is 4.74 Å². The van der Waals surface area contributed by atoms with Crippen LogP contribution in [0.5, 0.6) is 5.75 Å². The molecule has 2 aliphatic rings. The lowest BCUT2D eigenvalue weighted by Gasteiger charge is -2.25. The van der Waals surface area contributed by atoms with E-state index >= 15 is 0 Å². The maximum Gasteiger partial charge on any atom is 0.262 e. The highest BCUT2D eigenvalue weighted by Crippen LogP contribution is 2.29. The quantitative estimate of drug-likeness (QED) is 0.850. The Bertz CT molecular complexity index is 558. The minimum absolute atomic E-state index is 0. The molecule has 1 saturated heterocycles. The van der Waals surface area contributed by atoms with E-state index in [1.54, 1.807) is 23.1 Å². The van der Waals surface area contributed by atoms with Gasteiger partial charge in [0.05, 0.1) is 5.69 Å². The third-order valence-electron chi connectivity index (χ3n) is 3.76. The Hall–Kier alpha value is -1.79. The Labute approximate surface area is 129 Å². The summed E-state index contributed by atoms with van der Waals surface area (Å²) in [4.78, 5) is 25.5. The largest absolute Gasteiger partial charge is 0.482 e. The van der Waals surface area contributed by atoms with Crippen molar-refractivity contribution in [3.8, 4) is 5.75 Å². The number of anilines is 1. The van der Waals surface area contributed by atoms with Crippen LogP contribution in [0.1, 0.15) is 16.8 Å². The van der Waals surface area contributed by atoms with Gasteiger partial charge in [-0.05, 0) is 31.2 Å². The van der Waals surface area contributed by atoms with Gasteiger partial charge in [0.1, 0.15) is 5.75 Å². The number of fused-ring (bicyclic) bond motifs is 1. The van der Waals surface area contributed by atoms with Crippen LogP contribution in [-0.2, 0) is 4.79 Å². The molecule has 3 rings (SSSR count). The van der Waals surface area contributed by atoms with E-state index in [0.717, 1.165) is 19.5 Å². The predicted octanol–water partition coefficient (Wildman–Crippen LogP) is 0.873. The number of carbonyl (C=O) groups is 2. The number of benzene rings is 1. The average molecular weight is 312 g/mol. The highest BCUT2D eigenvalue weighted by Gasteiger charge is 2.25. The van der Waals surface area contributed by atoms with E-state index < -0.39 is 0 Å². The smallest absolute Gasteiger partial charge is 0.262 e. The SMILES string of the molecule is CN(C(=O)c1ccc2c(c1)NC(=O)CO2)C1CCNC1.Cl. The van der Waals surface area contributed by atoms with E-state index in [1.165, 1.54) is 0 Å². The minimum atomic E-state index is -0.199. The number of nitrogens with one attached hydrogen (secondary N) is 2. The zero-order chi connectivity index (χ0) is 14.1. The predicted molar refractivity (Wildman–Crippen MR) is 81.2 cm³/mol. The number of ether oxygens (including phenoxy) is 1. The van der Waals surface area contributed by atoms with Crippen molar-refractivity contribution in [3.63, 3.8) is 0 Å². The number of likely N-dealkylation sites (N-methyl/N-ethyl adjacent to an activating group) is 1. The molecule has 1 aromatic rings. The van der Waals surface area contributed by atoms with Crippen LogP contribution in [0.3, 0.4) is 0 Å². The first-order valence-electron chi connectivity index (χ1n) is 6.70. The first-order valence-corrected chi connectivity index (χ1v) is 6.70. The molecule has 114 valence electrons. The summed E-state index contributed by atoms with van der Waals surface area (Å²) < 4.78 is 5.28. The van der Waals surface area contributed by atoms with Gasteiger partial charge in [0.25, 0.3) is 11.8 Å². The summed E-state index contributed by atoms with van der Waals surface area (Å²) in [5.41, 5.74) is 1.12. The molecule has 0 aromatic heterocycles. The van der Waals surface area contributed by atoms with Gasteiger partial charge < -0.3 is 20.3 Å². The maximum absolute atomic E-state index is 12.4. The van der Waals surface area contributed by atoms with Gasteiger partial charge in [0.15, 0.2) is 6.61 Å². The fourth-order valence-corrected chi connectivity index (χ4v) is 2.56. The van der Waals surface area contributed by atoms with Crippen LogP contribution in [0.4, 0.5) is 5.69 Å². The number of carbonyl (C=O) groups excluding carboxylic acids is 2. The lowest BCUT2D eigenvalue weighted by Crippen LogP contribution is -2.38. The van der Waals surface area contributed by atoms with Gasteiger partial charge in [-0.15, -0.1) is 12.4 Å². The van der Waals surface area contributed by atoms with Gasteiger partial charge in [-0.1, -0.05) is 0 Å². The first-order chi connectivity index (χ1) is 9.65. The topological polar surface area (TPSA) is 70.7 Å². The monoisotopic (exact) mass is 311 g/mol. The van der Waals surface area contributed by atoms with Crippen LogP contribution in [0.2, 0.25) is 0 Å². The highest BCUT2D eigenvalue weighted by molar-refractivity contribution is 5.99. The van der Waals surface area contributed by atoms with Crippen LogP contribution in [-0.4, -0.2) is 49.5 Å². The summed E-state index contributed by atoms with van der Waals surface area (Å²) in [5, 5.41) is 5.96. The van der Waals surface area contributed by atoms with Crippen LogP contribution < -0.4 is 15.4 Å². The van der Waals surface area contributed by atoms with Gasteiger partial charge >= 0.3 is 0 Å². The number of rotatable bonds is 2. The van der Waals surface area contributed by atoms with Crippen molar-refractivity contribution < 1.29 is 14.3 Å². The van der Waals surface area contributed by atoms with Gasteiger partial charge in [-0.2, -0.15) is 0 Å². The Kier molecular flexibility index (Phi) is 4.69. The Morgan fingerprint density at radius 1 is 1.43 bits per heavy atom. The van der Waals surface area contributed by atoms with Gasteiger partial charge in [-0.3, -0.25) is 9.59 Å². The summed E-state index contributed by atoms with van der Waals surface area (Å²) >= 11 is 0. The average Bonchev–Trinajstić information content (AvgIpc) is 2.99.